The third kappa shape index (κ3) is 2.73. The minimum Gasteiger partial charge on any atom is -0.311 e. The van der Waals surface area contributed by atoms with Crippen LogP contribution in [0.4, 0.5) is 0 Å². The Labute approximate surface area is 88.1 Å². The lowest BCUT2D eigenvalue weighted by Crippen LogP contribution is -2.55. The Kier molecular flexibility index (Phi) is 4.44. The molecular weight excluding hydrogens is 172 g/mol. The number of rotatable bonds is 3. The van der Waals surface area contributed by atoms with E-state index in [4.69, 9.17) is 6.42 Å². The molecule has 0 aromatic carbocycles. The van der Waals surface area contributed by atoms with Gasteiger partial charge in [-0.25, -0.2) is 0 Å². The largest absolute Gasteiger partial charge is 0.311 e. The van der Waals surface area contributed by atoms with Gasteiger partial charge in [0.15, 0.2) is 0 Å². The van der Waals surface area contributed by atoms with Crippen molar-refractivity contribution in [3.63, 3.8) is 0 Å². The predicted molar refractivity (Wildman–Crippen MR) is 61.1 cm³/mol. The number of nitrogens with zero attached hydrogens (tertiary/aromatic N) is 1. The van der Waals surface area contributed by atoms with Gasteiger partial charge in [0.25, 0.3) is 0 Å². The van der Waals surface area contributed by atoms with Crippen LogP contribution < -0.4 is 5.32 Å². The molecule has 0 radical (unpaired) electrons. The zero-order valence-corrected chi connectivity index (χ0v) is 9.59. The maximum Gasteiger partial charge on any atom is 0.0710 e. The lowest BCUT2D eigenvalue weighted by molar-refractivity contribution is 0.149. The van der Waals surface area contributed by atoms with Crippen LogP contribution in [-0.2, 0) is 0 Å². The first kappa shape index (κ1) is 11.6. The molecule has 0 amide bonds. The molecule has 0 aliphatic carbocycles. The Morgan fingerprint density at radius 1 is 1.57 bits per heavy atom. The third-order valence-corrected chi connectivity index (χ3v) is 3.06. The molecule has 1 saturated heterocycles. The van der Waals surface area contributed by atoms with Crippen molar-refractivity contribution in [1.82, 2.24) is 10.2 Å². The van der Waals surface area contributed by atoms with Crippen molar-refractivity contribution in [1.29, 1.82) is 0 Å². The van der Waals surface area contributed by atoms with Gasteiger partial charge in [-0.1, -0.05) is 26.7 Å². The van der Waals surface area contributed by atoms with Gasteiger partial charge in [-0.05, 0) is 12.3 Å². The third-order valence-electron chi connectivity index (χ3n) is 3.06. The summed E-state index contributed by atoms with van der Waals surface area (Å²) < 4.78 is 0. The number of terminal acetylenes is 1. The quantitative estimate of drug-likeness (QED) is 0.682. The van der Waals surface area contributed by atoms with Gasteiger partial charge in [0.2, 0.25) is 0 Å². The molecule has 1 heterocycles. The molecule has 2 heteroatoms. The van der Waals surface area contributed by atoms with Crippen molar-refractivity contribution in [3.05, 3.63) is 0 Å². The summed E-state index contributed by atoms with van der Waals surface area (Å²) in [5.74, 6) is 3.57. The van der Waals surface area contributed by atoms with Crippen LogP contribution in [0.5, 0.6) is 0 Å². The summed E-state index contributed by atoms with van der Waals surface area (Å²) in [6, 6.07) is 0.935. The molecule has 1 fully saturated rings. The van der Waals surface area contributed by atoms with Crippen molar-refractivity contribution >= 4 is 0 Å². The summed E-state index contributed by atoms with van der Waals surface area (Å²) in [4.78, 5) is 2.43. The average Bonchev–Trinajstić information content (AvgIpc) is 2.20. The summed E-state index contributed by atoms with van der Waals surface area (Å²) in [6.07, 6.45) is 6.58. The van der Waals surface area contributed by atoms with Gasteiger partial charge in [-0.2, -0.15) is 0 Å². The Morgan fingerprint density at radius 3 is 2.79 bits per heavy atom. The molecule has 1 aliphatic heterocycles. The van der Waals surface area contributed by atoms with Gasteiger partial charge in [0.1, 0.15) is 0 Å². The Hall–Kier alpha value is -0.520. The van der Waals surface area contributed by atoms with Crippen molar-refractivity contribution in [2.24, 2.45) is 5.92 Å². The molecule has 80 valence electrons. The topological polar surface area (TPSA) is 15.3 Å². The molecule has 2 unspecified atom stereocenters. The average molecular weight is 194 g/mol. The van der Waals surface area contributed by atoms with Gasteiger partial charge in [0, 0.05) is 25.7 Å². The van der Waals surface area contributed by atoms with Crippen LogP contribution in [0.25, 0.3) is 0 Å². The molecular formula is C12H22N2. The molecule has 2 atom stereocenters. The lowest BCUT2D eigenvalue weighted by atomic mass is 10.0. The first-order valence-electron chi connectivity index (χ1n) is 5.62. The van der Waals surface area contributed by atoms with Crippen LogP contribution in [0.15, 0.2) is 0 Å². The van der Waals surface area contributed by atoms with Gasteiger partial charge >= 0.3 is 0 Å². The fourth-order valence-corrected chi connectivity index (χ4v) is 2.01. The van der Waals surface area contributed by atoms with Crippen LogP contribution in [0.3, 0.4) is 0 Å². The molecule has 0 aromatic heterocycles. The second kappa shape index (κ2) is 5.38. The Morgan fingerprint density at radius 2 is 2.29 bits per heavy atom. The van der Waals surface area contributed by atoms with Crippen molar-refractivity contribution in [2.45, 2.75) is 39.3 Å². The molecule has 2 nitrogen and oxygen atoms in total. The molecule has 1 N–H and O–H groups in total. The summed E-state index contributed by atoms with van der Waals surface area (Å²) in [5.41, 5.74) is 0. The van der Waals surface area contributed by atoms with E-state index in [1.54, 1.807) is 0 Å². The minimum absolute atomic E-state index is 0.332. The van der Waals surface area contributed by atoms with E-state index in [0.29, 0.717) is 18.0 Å². The van der Waals surface area contributed by atoms with Crippen molar-refractivity contribution in [2.75, 3.05) is 19.6 Å². The van der Waals surface area contributed by atoms with E-state index in [1.807, 2.05) is 0 Å². The van der Waals surface area contributed by atoms with E-state index in [2.05, 4.69) is 36.9 Å². The zero-order valence-electron chi connectivity index (χ0n) is 9.59. The van der Waals surface area contributed by atoms with Crippen molar-refractivity contribution in [3.8, 4) is 12.3 Å². The first-order chi connectivity index (χ1) is 6.69. The van der Waals surface area contributed by atoms with Gasteiger partial charge < -0.3 is 5.32 Å². The van der Waals surface area contributed by atoms with Gasteiger partial charge in [-0.15, -0.1) is 6.42 Å². The van der Waals surface area contributed by atoms with Crippen molar-refractivity contribution < 1.29 is 0 Å². The van der Waals surface area contributed by atoms with Crippen LogP contribution in [0.1, 0.15) is 27.2 Å². The standard InChI is InChI=1S/C12H22N2/c1-5-11(6-2)14-8-7-13-12(9-14)10(3)4/h1,10-13H,6-9H2,2-4H3. The molecule has 0 aromatic rings. The van der Waals surface area contributed by atoms with E-state index in [-0.39, 0.29) is 0 Å². The highest BCUT2D eigenvalue weighted by atomic mass is 15.2. The summed E-state index contributed by atoms with van der Waals surface area (Å²) in [5, 5.41) is 3.54. The first-order valence-corrected chi connectivity index (χ1v) is 5.62. The highest BCUT2D eigenvalue weighted by Gasteiger charge is 2.24. The smallest absolute Gasteiger partial charge is 0.0710 e. The zero-order chi connectivity index (χ0) is 10.6. The van der Waals surface area contributed by atoms with Crippen LogP contribution in [-0.4, -0.2) is 36.6 Å². The van der Waals surface area contributed by atoms with E-state index in [0.717, 1.165) is 26.1 Å². The highest BCUT2D eigenvalue weighted by molar-refractivity contribution is 5.01. The molecule has 1 rings (SSSR count). The summed E-state index contributed by atoms with van der Waals surface area (Å²) >= 11 is 0. The molecule has 0 saturated carbocycles. The Bertz CT molecular complexity index is 205. The van der Waals surface area contributed by atoms with Crippen LogP contribution >= 0.6 is 0 Å². The van der Waals surface area contributed by atoms with Crippen LogP contribution in [0.2, 0.25) is 0 Å². The molecule has 1 aliphatic rings. The number of hydrogen-bond acceptors (Lipinski definition) is 2. The van der Waals surface area contributed by atoms with Crippen LogP contribution in [0, 0.1) is 18.3 Å². The molecule has 0 spiro atoms. The fraction of sp³-hybridized carbons (Fsp3) is 0.833. The normalized spacial score (nSPS) is 26.1. The number of nitrogens with one attached hydrogen (secondary N) is 1. The second-order valence-electron chi connectivity index (χ2n) is 4.39. The van der Waals surface area contributed by atoms with Gasteiger partial charge in [0.05, 0.1) is 6.04 Å². The van der Waals surface area contributed by atoms with Gasteiger partial charge in [-0.3, -0.25) is 4.90 Å². The molecule has 0 bridgehead atoms. The highest BCUT2D eigenvalue weighted by Crippen LogP contribution is 2.12. The van der Waals surface area contributed by atoms with E-state index in [9.17, 15) is 0 Å². The second-order valence-corrected chi connectivity index (χ2v) is 4.39. The maximum atomic E-state index is 5.52. The fourth-order valence-electron chi connectivity index (χ4n) is 2.01. The van der Waals surface area contributed by atoms with E-state index >= 15 is 0 Å². The number of piperazine rings is 1. The maximum absolute atomic E-state index is 5.52. The van der Waals surface area contributed by atoms with E-state index < -0.39 is 0 Å². The summed E-state index contributed by atoms with van der Waals surface area (Å²) in [6.45, 7) is 9.94. The Balaban J connectivity index is 2.51. The SMILES string of the molecule is C#CC(CC)N1CCNC(C(C)C)C1. The summed E-state index contributed by atoms with van der Waals surface area (Å²) in [7, 11) is 0. The predicted octanol–water partition coefficient (Wildman–Crippen LogP) is 1.33. The minimum atomic E-state index is 0.332. The molecule has 14 heavy (non-hydrogen) atoms. The lowest BCUT2D eigenvalue weighted by Gasteiger charge is -2.38. The van der Waals surface area contributed by atoms with E-state index in [1.165, 1.54) is 0 Å². The number of hydrogen-bond donors (Lipinski definition) is 1. The monoisotopic (exact) mass is 194 g/mol.